The van der Waals surface area contributed by atoms with Crippen molar-refractivity contribution in [3.05, 3.63) is 106 Å². The second-order valence-corrected chi connectivity index (χ2v) is 9.95. The van der Waals surface area contributed by atoms with E-state index < -0.39 is 10.0 Å². The van der Waals surface area contributed by atoms with Crippen molar-refractivity contribution in [2.24, 2.45) is 15.1 Å². The standard InChI is InChI=1S/C20H21N5O3S.C8H11N/c1-3-15-7-4-5-10-19(15)23-13-22-12-18-14(2)24-25(20(18)26)16-8-6-9-17(11-16)29(21,27)28;1-2-7-5-3-4-6-8(7)9/h4-13,24H,3H2,1-2H3,(H2,21,27,28);3-6H,2,9H2,1H3. The van der Waals surface area contributed by atoms with Gasteiger partial charge in [-0.1, -0.05) is 56.3 Å². The Labute approximate surface area is 222 Å². The van der Waals surface area contributed by atoms with Crippen LogP contribution in [0.1, 0.15) is 36.2 Å². The molecule has 0 fully saturated rings. The topological polar surface area (TPSA) is 149 Å². The number of nitrogens with zero attached hydrogens (tertiary/aromatic N) is 3. The molecular formula is C28H32N6O3S. The van der Waals surface area contributed by atoms with E-state index in [-0.39, 0.29) is 10.5 Å². The predicted molar refractivity (Wildman–Crippen MR) is 154 cm³/mol. The lowest BCUT2D eigenvalue weighted by Gasteiger charge is -2.03. The lowest BCUT2D eigenvalue weighted by Crippen LogP contribution is -2.18. The van der Waals surface area contributed by atoms with Crippen molar-refractivity contribution in [2.75, 3.05) is 5.73 Å². The molecule has 0 amide bonds. The van der Waals surface area contributed by atoms with E-state index in [0.717, 1.165) is 29.8 Å². The molecule has 1 aromatic heterocycles. The summed E-state index contributed by atoms with van der Waals surface area (Å²) in [7, 11) is -3.87. The van der Waals surface area contributed by atoms with Crippen LogP contribution in [0.5, 0.6) is 0 Å². The zero-order valence-electron chi connectivity index (χ0n) is 21.6. The van der Waals surface area contributed by atoms with Gasteiger partial charge in [-0.2, -0.15) is 0 Å². The van der Waals surface area contributed by atoms with E-state index in [2.05, 4.69) is 28.1 Å². The van der Waals surface area contributed by atoms with Crippen LogP contribution in [-0.4, -0.2) is 30.8 Å². The molecule has 0 atom stereocenters. The molecule has 0 saturated carbocycles. The van der Waals surface area contributed by atoms with Crippen LogP contribution in [0.2, 0.25) is 0 Å². The minimum atomic E-state index is -3.87. The average molecular weight is 533 g/mol. The van der Waals surface area contributed by atoms with Gasteiger partial charge in [-0.05, 0) is 61.2 Å². The Hall–Kier alpha value is -4.28. The number of aromatic amines is 1. The van der Waals surface area contributed by atoms with Gasteiger partial charge in [-0.25, -0.2) is 28.2 Å². The van der Waals surface area contributed by atoms with Gasteiger partial charge >= 0.3 is 0 Å². The molecular weight excluding hydrogens is 500 g/mol. The lowest BCUT2D eigenvalue weighted by molar-refractivity contribution is 0.597. The molecule has 0 bridgehead atoms. The van der Waals surface area contributed by atoms with Crippen LogP contribution in [0.25, 0.3) is 5.69 Å². The SMILES string of the molecule is CCc1ccccc1N.CCc1ccccc1N=CN=Cc1c(C)[nH]n(-c2cccc(S(N)(=O)=O)c2)c1=O. The number of aromatic nitrogens is 2. The maximum absolute atomic E-state index is 12.7. The molecule has 4 rings (SSSR count). The van der Waals surface area contributed by atoms with Gasteiger partial charge in [0.25, 0.3) is 5.56 Å². The van der Waals surface area contributed by atoms with Crippen LogP contribution in [-0.2, 0) is 22.9 Å². The summed E-state index contributed by atoms with van der Waals surface area (Å²) in [6.45, 7) is 5.88. The summed E-state index contributed by atoms with van der Waals surface area (Å²) < 4.78 is 24.4. The predicted octanol–water partition coefficient (Wildman–Crippen LogP) is 4.29. The van der Waals surface area contributed by atoms with E-state index in [1.54, 1.807) is 13.0 Å². The number of para-hydroxylation sites is 2. The molecule has 10 heteroatoms. The Kier molecular flexibility index (Phi) is 9.53. The summed E-state index contributed by atoms with van der Waals surface area (Å²) in [4.78, 5) is 21.1. The number of aliphatic imine (C=N–C) groups is 2. The Bertz CT molecular complexity index is 1620. The number of hydrogen-bond acceptors (Lipinski definition) is 5. The van der Waals surface area contributed by atoms with Gasteiger partial charge < -0.3 is 5.73 Å². The van der Waals surface area contributed by atoms with Gasteiger partial charge in [0.05, 0.1) is 21.8 Å². The summed E-state index contributed by atoms with van der Waals surface area (Å²) in [5.74, 6) is 0. The number of H-pyrrole nitrogens is 1. The summed E-state index contributed by atoms with van der Waals surface area (Å²) in [5.41, 5.74) is 10.6. The Morgan fingerprint density at radius 1 is 0.947 bits per heavy atom. The number of aryl methyl sites for hydroxylation is 3. The van der Waals surface area contributed by atoms with Crippen LogP contribution in [0.15, 0.2) is 92.5 Å². The fraction of sp³-hybridized carbons (Fsp3) is 0.179. The lowest BCUT2D eigenvalue weighted by atomic mass is 10.1. The molecule has 0 unspecified atom stereocenters. The molecule has 0 saturated heterocycles. The van der Waals surface area contributed by atoms with E-state index in [4.69, 9.17) is 10.9 Å². The maximum Gasteiger partial charge on any atom is 0.280 e. The highest BCUT2D eigenvalue weighted by atomic mass is 32.2. The van der Waals surface area contributed by atoms with Crippen molar-refractivity contribution in [1.29, 1.82) is 0 Å². The van der Waals surface area contributed by atoms with Crippen LogP contribution < -0.4 is 16.4 Å². The number of hydrogen-bond donors (Lipinski definition) is 3. The summed E-state index contributed by atoms with van der Waals surface area (Å²) in [6.07, 6.45) is 4.70. The number of primary sulfonamides is 1. The van der Waals surface area contributed by atoms with Gasteiger partial charge in [-0.3, -0.25) is 9.89 Å². The zero-order chi connectivity index (χ0) is 27.7. The number of nitrogens with two attached hydrogens (primary N) is 2. The van der Waals surface area contributed by atoms with Gasteiger partial charge in [0, 0.05) is 17.6 Å². The highest BCUT2D eigenvalue weighted by Crippen LogP contribution is 2.18. The second kappa shape index (κ2) is 12.8. The van der Waals surface area contributed by atoms with Gasteiger partial charge in [0.2, 0.25) is 10.0 Å². The molecule has 0 aliphatic heterocycles. The second-order valence-electron chi connectivity index (χ2n) is 8.39. The Morgan fingerprint density at radius 3 is 2.24 bits per heavy atom. The third-order valence-corrected chi connectivity index (χ3v) is 6.71. The third kappa shape index (κ3) is 7.15. The van der Waals surface area contributed by atoms with Crippen molar-refractivity contribution < 1.29 is 8.42 Å². The minimum absolute atomic E-state index is 0.0777. The van der Waals surface area contributed by atoms with Crippen molar-refractivity contribution in [3.8, 4) is 5.69 Å². The highest BCUT2D eigenvalue weighted by Gasteiger charge is 2.13. The summed E-state index contributed by atoms with van der Waals surface area (Å²) >= 11 is 0. The van der Waals surface area contributed by atoms with Crippen LogP contribution in [0.4, 0.5) is 11.4 Å². The zero-order valence-corrected chi connectivity index (χ0v) is 22.4. The number of nitrogen functional groups attached to an aromatic ring is 1. The van der Waals surface area contributed by atoms with E-state index >= 15 is 0 Å². The quantitative estimate of drug-likeness (QED) is 0.185. The molecule has 0 spiro atoms. The average Bonchev–Trinajstić information content (AvgIpc) is 3.20. The summed E-state index contributed by atoms with van der Waals surface area (Å²) in [5, 5.41) is 8.08. The first-order valence-corrected chi connectivity index (χ1v) is 13.6. The number of benzene rings is 3. The van der Waals surface area contributed by atoms with Crippen LogP contribution >= 0.6 is 0 Å². The van der Waals surface area contributed by atoms with Gasteiger partial charge in [-0.15, -0.1) is 0 Å². The molecule has 9 nitrogen and oxygen atoms in total. The maximum atomic E-state index is 12.7. The van der Waals surface area contributed by atoms with Crippen molar-refractivity contribution in [3.63, 3.8) is 0 Å². The molecule has 0 radical (unpaired) electrons. The third-order valence-electron chi connectivity index (χ3n) is 5.80. The molecule has 198 valence electrons. The fourth-order valence-corrected chi connectivity index (χ4v) is 4.24. The van der Waals surface area contributed by atoms with Gasteiger partial charge in [0.1, 0.15) is 6.34 Å². The molecule has 0 aliphatic carbocycles. The van der Waals surface area contributed by atoms with E-state index in [1.165, 1.54) is 41.0 Å². The number of anilines is 1. The molecule has 38 heavy (non-hydrogen) atoms. The van der Waals surface area contributed by atoms with E-state index in [9.17, 15) is 13.2 Å². The smallest absolute Gasteiger partial charge is 0.280 e. The van der Waals surface area contributed by atoms with Crippen LogP contribution in [0.3, 0.4) is 0 Å². The molecule has 5 N–H and O–H groups in total. The summed E-state index contributed by atoms with van der Waals surface area (Å²) in [6, 6.07) is 21.5. The first-order valence-electron chi connectivity index (χ1n) is 12.1. The molecule has 0 aliphatic rings. The number of rotatable bonds is 7. The fourth-order valence-electron chi connectivity index (χ4n) is 3.69. The first kappa shape index (κ1) is 28.3. The molecule has 1 heterocycles. The van der Waals surface area contributed by atoms with E-state index in [0.29, 0.717) is 16.9 Å². The minimum Gasteiger partial charge on any atom is -0.399 e. The van der Waals surface area contributed by atoms with Crippen molar-refractivity contribution in [2.45, 2.75) is 38.5 Å². The number of nitrogens with one attached hydrogen (secondary N) is 1. The normalized spacial score (nSPS) is 11.6. The Morgan fingerprint density at radius 2 is 1.61 bits per heavy atom. The van der Waals surface area contributed by atoms with Gasteiger partial charge in [0.15, 0.2) is 0 Å². The Balaban J connectivity index is 0.000000375. The van der Waals surface area contributed by atoms with Crippen molar-refractivity contribution in [1.82, 2.24) is 9.78 Å². The highest BCUT2D eigenvalue weighted by molar-refractivity contribution is 7.89. The van der Waals surface area contributed by atoms with E-state index in [1.807, 2.05) is 49.4 Å². The largest absolute Gasteiger partial charge is 0.399 e. The van der Waals surface area contributed by atoms with Crippen molar-refractivity contribution >= 4 is 34.0 Å². The molecule has 3 aromatic carbocycles. The monoisotopic (exact) mass is 532 g/mol. The first-order chi connectivity index (χ1) is 18.2. The molecule has 4 aromatic rings. The number of sulfonamides is 1. The van der Waals surface area contributed by atoms with Crippen LogP contribution in [0, 0.1) is 6.92 Å².